The van der Waals surface area contributed by atoms with Crippen molar-refractivity contribution in [2.75, 3.05) is 5.32 Å². The number of carbonyl (C=O) groups is 1. The topological polar surface area (TPSA) is 75.1 Å². The van der Waals surface area contributed by atoms with E-state index in [1.165, 1.54) is 0 Å². The van der Waals surface area contributed by atoms with Crippen LogP contribution in [0.3, 0.4) is 0 Å². The Morgan fingerprint density at radius 3 is 2.61 bits per heavy atom. The van der Waals surface area contributed by atoms with E-state index in [-0.39, 0.29) is 16.5 Å². The Morgan fingerprint density at radius 1 is 1.39 bits per heavy atom. The number of anilines is 1. The van der Waals surface area contributed by atoms with Gasteiger partial charge in [-0.1, -0.05) is 11.3 Å². The second-order valence-electron chi connectivity index (χ2n) is 4.00. The van der Waals surface area contributed by atoms with Crippen LogP contribution in [0.1, 0.15) is 24.3 Å². The summed E-state index contributed by atoms with van der Waals surface area (Å²) in [6.45, 7) is 0. The molecule has 1 fully saturated rings. The molecule has 0 spiro atoms. The number of aromatic nitrogens is 2. The molecule has 0 aliphatic heterocycles. The summed E-state index contributed by atoms with van der Waals surface area (Å²) in [6.07, 6.45) is -3.52. The number of amides is 1. The van der Waals surface area contributed by atoms with Gasteiger partial charge in [-0.3, -0.25) is 4.79 Å². The molecule has 2 N–H and O–H groups in total. The number of aliphatic hydroxyl groups excluding tert-OH is 1. The van der Waals surface area contributed by atoms with Crippen LogP contribution in [0, 0.1) is 5.92 Å². The quantitative estimate of drug-likeness (QED) is 0.864. The maximum absolute atomic E-state index is 12.3. The maximum Gasteiger partial charge on any atom is 0.445 e. The summed E-state index contributed by atoms with van der Waals surface area (Å²) < 4.78 is 36.8. The van der Waals surface area contributed by atoms with E-state index in [4.69, 9.17) is 0 Å². The van der Waals surface area contributed by atoms with E-state index in [2.05, 4.69) is 15.5 Å². The summed E-state index contributed by atoms with van der Waals surface area (Å²) >= 11 is 0.267. The zero-order valence-corrected chi connectivity index (χ0v) is 9.88. The summed E-state index contributed by atoms with van der Waals surface area (Å²) in [5, 5.41) is 16.6. The van der Waals surface area contributed by atoms with Crippen molar-refractivity contribution in [1.82, 2.24) is 10.2 Å². The minimum atomic E-state index is -4.56. The lowest BCUT2D eigenvalue weighted by atomic mass is 10.1. The normalized spacial score (nSPS) is 24.2. The minimum absolute atomic E-state index is 0.202. The minimum Gasteiger partial charge on any atom is -0.392 e. The molecule has 0 aromatic carbocycles. The molecule has 18 heavy (non-hydrogen) atoms. The molecule has 1 heterocycles. The van der Waals surface area contributed by atoms with Crippen LogP contribution in [0.15, 0.2) is 0 Å². The fourth-order valence-corrected chi connectivity index (χ4v) is 2.45. The highest BCUT2D eigenvalue weighted by molar-refractivity contribution is 7.15. The fourth-order valence-electron chi connectivity index (χ4n) is 1.83. The first-order chi connectivity index (χ1) is 8.38. The van der Waals surface area contributed by atoms with Gasteiger partial charge in [0, 0.05) is 0 Å². The van der Waals surface area contributed by atoms with Crippen LogP contribution < -0.4 is 5.32 Å². The summed E-state index contributed by atoms with van der Waals surface area (Å²) in [5.41, 5.74) is 0. The van der Waals surface area contributed by atoms with Gasteiger partial charge in [0.2, 0.25) is 16.0 Å². The van der Waals surface area contributed by atoms with Gasteiger partial charge >= 0.3 is 6.18 Å². The second-order valence-corrected chi connectivity index (χ2v) is 4.98. The van der Waals surface area contributed by atoms with Crippen molar-refractivity contribution >= 4 is 22.4 Å². The van der Waals surface area contributed by atoms with Crippen LogP contribution >= 0.6 is 11.3 Å². The zero-order chi connectivity index (χ0) is 13.3. The Balaban J connectivity index is 2.01. The maximum atomic E-state index is 12.3. The molecule has 2 rings (SSSR count). The number of halogens is 3. The van der Waals surface area contributed by atoms with Gasteiger partial charge in [-0.25, -0.2) is 0 Å². The first kappa shape index (κ1) is 13.2. The van der Waals surface area contributed by atoms with E-state index in [1.807, 2.05) is 0 Å². The molecular weight excluding hydrogens is 271 g/mol. The third-order valence-corrected chi connectivity index (χ3v) is 3.60. The standard InChI is InChI=1S/C9H10F3N3O2S/c10-9(11,12)7-14-15-8(18-7)13-6(17)4-2-1-3-5(4)16/h4-5,16H,1-3H2,(H,13,15,17). The number of aliphatic hydroxyl groups is 1. The number of nitrogens with zero attached hydrogens (tertiary/aromatic N) is 2. The van der Waals surface area contributed by atoms with Crippen molar-refractivity contribution in [2.24, 2.45) is 5.92 Å². The van der Waals surface area contributed by atoms with Crippen LogP contribution in [-0.4, -0.2) is 27.3 Å². The highest BCUT2D eigenvalue weighted by atomic mass is 32.1. The molecule has 1 aliphatic rings. The second kappa shape index (κ2) is 4.81. The Kier molecular flexibility index (Phi) is 3.53. The molecule has 2 unspecified atom stereocenters. The molecule has 100 valence electrons. The molecular formula is C9H10F3N3O2S. The first-order valence-electron chi connectivity index (χ1n) is 5.27. The van der Waals surface area contributed by atoms with E-state index in [0.717, 1.165) is 6.42 Å². The van der Waals surface area contributed by atoms with Gasteiger partial charge in [-0.15, -0.1) is 10.2 Å². The van der Waals surface area contributed by atoms with Crippen molar-refractivity contribution in [3.63, 3.8) is 0 Å². The number of hydrogen-bond donors (Lipinski definition) is 2. The van der Waals surface area contributed by atoms with Gasteiger partial charge in [0.05, 0.1) is 12.0 Å². The van der Waals surface area contributed by atoms with Gasteiger partial charge in [0.1, 0.15) is 0 Å². The first-order valence-corrected chi connectivity index (χ1v) is 6.09. The van der Waals surface area contributed by atoms with Gasteiger partial charge in [-0.05, 0) is 19.3 Å². The van der Waals surface area contributed by atoms with E-state index >= 15 is 0 Å². The molecule has 0 radical (unpaired) electrons. The number of carbonyl (C=O) groups excluding carboxylic acids is 1. The average molecular weight is 281 g/mol. The van der Waals surface area contributed by atoms with Gasteiger partial charge < -0.3 is 10.4 Å². The number of nitrogens with one attached hydrogen (secondary N) is 1. The summed E-state index contributed by atoms with van der Waals surface area (Å²) in [5.74, 6) is -1.09. The number of rotatable bonds is 2. The van der Waals surface area contributed by atoms with E-state index in [1.54, 1.807) is 0 Å². The molecule has 0 saturated heterocycles. The Labute approximate surface area is 104 Å². The van der Waals surface area contributed by atoms with Crippen LogP contribution in [-0.2, 0) is 11.0 Å². The van der Waals surface area contributed by atoms with Gasteiger partial charge in [0.15, 0.2) is 0 Å². The van der Waals surface area contributed by atoms with Crippen LogP contribution in [0.25, 0.3) is 0 Å². The summed E-state index contributed by atoms with van der Waals surface area (Å²) in [6, 6.07) is 0. The van der Waals surface area contributed by atoms with Crippen LogP contribution in [0.4, 0.5) is 18.3 Å². The number of alkyl halides is 3. The Bertz CT molecular complexity index is 449. The highest BCUT2D eigenvalue weighted by Gasteiger charge is 2.36. The van der Waals surface area contributed by atoms with E-state index in [0.29, 0.717) is 12.8 Å². The largest absolute Gasteiger partial charge is 0.445 e. The number of hydrogen-bond acceptors (Lipinski definition) is 5. The molecule has 1 saturated carbocycles. The molecule has 0 bridgehead atoms. The Morgan fingerprint density at radius 2 is 2.11 bits per heavy atom. The van der Waals surface area contributed by atoms with E-state index < -0.39 is 29.1 Å². The molecule has 2 atom stereocenters. The zero-order valence-electron chi connectivity index (χ0n) is 9.07. The third kappa shape index (κ3) is 2.78. The third-order valence-electron chi connectivity index (χ3n) is 2.71. The smallest absolute Gasteiger partial charge is 0.392 e. The lowest BCUT2D eigenvalue weighted by Crippen LogP contribution is -2.28. The SMILES string of the molecule is O=C(Nc1nnc(C(F)(F)F)s1)C1CCCC1O. The molecule has 1 aromatic heterocycles. The van der Waals surface area contributed by atoms with Crippen molar-refractivity contribution in [1.29, 1.82) is 0 Å². The lowest BCUT2D eigenvalue weighted by Gasteiger charge is -2.12. The van der Waals surface area contributed by atoms with Crippen LogP contribution in [0.5, 0.6) is 0 Å². The van der Waals surface area contributed by atoms with E-state index in [9.17, 15) is 23.1 Å². The molecule has 9 heteroatoms. The molecule has 1 aliphatic carbocycles. The average Bonchev–Trinajstić information content (AvgIpc) is 2.85. The highest BCUT2D eigenvalue weighted by Crippen LogP contribution is 2.33. The predicted molar refractivity (Wildman–Crippen MR) is 56.9 cm³/mol. The molecule has 1 amide bonds. The lowest BCUT2D eigenvalue weighted by molar-refractivity contribution is -0.138. The fraction of sp³-hybridized carbons (Fsp3) is 0.667. The van der Waals surface area contributed by atoms with Gasteiger partial charge in [-0.2, -0.15) is 13.2 Å². The Hall–Kier alpha value is -1.22. The summed E-state index contributed by atoms with van der Waals surface area (Å²) in [7, 11) is 0. The van der Waals surface area contributed by atoms with Gasteiger partial charge in [0.25, 0.3) is 0 Å². The van der Waals surface area contributed by atoms with Crippen molar-refractivity contribution in [2.45, 2.75) is 31.5 Å². The predicted octanol–water partition coefficient (Wildman–Crippen LogP) is 1.66. The molecule has 1 aromatic rings. The molecule has 5 nitrogen and oxygen atoms in total. The van der Waals surface area contributed by atoms with Crippen molar-refractivity contribution < 1.29 is 23.1 Å². The monoisotopic (exact) mass is 281 g/mol. The van der Waals surface area contributed by atoms with Crippen molar-refractivity contribution in [3.05, 3.63) is 5.01 Å². The van der Waals surface area contributed by atoms with Crippen molar-refractivity contribution in [3.8, 4) is 0 Å². The summed E-state index contributed by atoms with van der Waals surface area (Å²) in [4.78, 5) is 11.7. The van der Waals surface area contributed by atoms with Crippen LogP contribution in [0.2, 0.25) is 0 Å².